The third kappa shape index (κ3) is 4.79. The number of ether oxygens (including phenoxy) is 1. The molecule has 0 amide bonds. The number of nitrogens with zero attached hydrogens (tertiary/aromatic N) is 2. The van der Waals surface area contributed by atoms with Crippen LogP contribution in [0.1, 0.15) is 48.8 Å². The highest BCUT2D eigenvalue weighted by Gasteiger charge is 2.14. The van der Waals surface area contributed by atoms with E-state index in [2.05, 4.69) is 21.5 Å². The molecule has 2 aromatic rings. The van der Waals surface area contributed by atoms with Crippen LogP contribution in [0.25, 0.3) is 0 Å². The van der Waals surface area contributed by atoms with Gasteiger partial charge in [-0.15, -0.1) is 0 Å². The molecule has 0 spiro atoms. The molecule has 1 aliphatic rings. The lowest BCUT2D eigenvalue weighted by Crippen LogP contribution is -2.24. The van der Waals surface area contributed by atoms with Crippen LogP contribution >= 0.6 is 0 Å². The van der Waals surface area contributed by atoms with Crippen molar-refractivity contribution in [1.82, 2.24) is 10.5 Å². The first-order chi connectivity index (χ1) is 12.1. The first-order valence-electron chi connectivity index (χ1n) is 8.84. The van der Waals surface area contributed by atoms with Crippen molar-refractivity contribution >= 4 is 5.84 Å². The lowest BCUT2D eigenvalue weighted by molar-refractivity contribution is 0.233. The first kappa shape index (κ1) is 17.4. The standard InChI is InChI=1S/C20H25N3O2/c1-14-10-15(2)12-18(11-14)25-19-9-8-16(13-21-19)20(23-24)22-17-6-4-3-5-7-17/h8-13,17,24H,3-7H2,1-2H3,(H,22,23). The van der Waals surface area contributed by atoms with Gasteiger partial charge in [-0.25, -0.2) is 4.98 Å². The Labute approximate surface area is 148 Å². The van der Waals surface area contributed by atoms with Crippen molar-refractivity contribution in [1.29, 1.82) is 0 Å². The fraction of sp³-hybridized carbons (Fsp3) is 0.400. The van der Waals surface area contributed by atoms with Crippen LogP contribution in [0.4, 0.5) is 0 Å². The molecule has 1 saturated carbocycles. The molecule has 0 saturated heterocycles. The van der Waals surface area contributed by atoms with Gasteiger partial charge in [-0.2, -0.15) is 0 Å². The van der Waals surface area contributed by atoms with Crippen molar-refractivity contribution < 1.29 is 9.94 Å². The summed E-state index contributed by atoms with van der Waals surface area (Å²) in [6, 6.07) is 9.98. The Bertz CT molecular complexity index is 715. The average molecular weight is 339 g/mol. The minimum atomic E-state index is 0.273. The van der Waals surface area contributed by atoms with Gasteiger partial charge in [0.05, 0.1) is 6.04 Å². The Morgan fingerprint density at radius 2 is 1.84 bits per heavy atom. The summed E-state index contributed by atoms with van der Waals surface area (Å²) < 4.78 is 5.82. The van der Waals surface area contributed by atoms with Gasteiger partial charge in [0.2, 0.25) is 5.88 Å². The van der Waals surface area contributed by atoms with Gasteiger partial charge in [0.15, 0.2) is 5.84 Å². The summed E-state index contributed by atoms with van der Waals surface area (Å²) in [7, 11) is 0. The van der Waals surface area contributed by atoms with Crippen LogP contribution in [0.3, 0.4) is 0 Å². The second kappa shape index (κ2) is 8.12. The summed E-state index contributed by atoms with van der Waals surface area (Å²) in [5.41, 5.74) is 5.27. The zero-order valence-corrected chi connectivity index (χ0v) is 14.8. The molecular formula is C20H25N3O2. The third-order valence-corrected chi connectivity index (χ3v) is 4.42. The van der Waals surface area contributed by atoms with Gasteiger partial charge in [0, 0.05) is 17.8 Å². The number of aromatic nitrogens is 1. The van der Waals surface area contributed by atoms with Crippen LogP contribution < -0.4 is 10.2 Å². The van der Waals surface area contributed by atoms with Crippen LogP contribution in [0.2, 0.25) is 0 Å². The molecule has 0 aliphatic heterocycles. The van der Waals surface area contributed by atoms with Crippen molar-refractivity contribution in [2.45, 2.75) is 52.0 Å². The molecule has 5 nitrogen and oxygen atoms in total. The molecule has 2 N–H and O–H groups in total. The Morgan fingerprint density at radius 1 is 1.12 bits per heavy atom. The number of pyridine rings is 1. The lowest BCUT2D eigenvalue weighted by atomic mass is 9.96. The van der Waals surface area contributed by atoms with E-state index in [1.807, 2.05) is 32.0 Å². The van der Waals surface area contributed by atoms with Crippen molar-refractivity contribution in [2.75, 3.05) is 0 Å². The smallest absolute Gasteiger partial charge is 0.219 e. The maximum Gasteiger partial charge on any atom is 0.219 e. The Hall–Kier alpha value is -2.40. The van der Waals surface area contributed by atoms with Crippen LogP contribution in [-0.4, -0.2) is 22.1 Å². The minimum absolute atomic E-state index is 0.273. The molecule has 1 aromatic carbocycles. The molecule has 5 heteroatoms. The number of hydrogen-bond acceptors (Lipinski definition) is 4. The molecule has 25 heavy (non-hydrogen) atoms. The molecule has 0 atom stereocenters. The normalized spacial score (nSPS) is 15.9. The van der Waals surface area contributed by atoms with E-state index >= 15 is 0 Å². The summed E-state index contributed by atoms with van der Waals surface area (Å²) in [6.45, 7) is 4.08. The SMILES string of the molecule is Cc1cc(C)cc(Oc2ccc(C(=NC3CCCCC3)NO)cn2)c1. The van der Waals surface area contributed by atoms with Gasteiger partial charge in [0.1, 0.15) is 5.75 Å². The summed E-state index contributed by atoms with van der Waals surface area (Å²) in [4.78, 5) is 8.98. The predicted octanol–water partition coefficient (Wildman–Crippen LogP) is 4.55. The van der Waals surface area contributed by atoms with Gasteiger partial charge >= 0.3 is 0 Å². The highest BCUT2D eigenvalue weighted by molar-refractivity contribution is 5.97. The third-order valence-electron chi connectivity index (χ3n) is 4.42. The molecule has 1 aliphatic carbocycles. The Kier molecular flexibility index (Phi) is 5.66. The van der Waals surface area contributed by atoms with Gasteiger partial charge < -0.3 is 4.74 Å². The predicted molar refractivity (Wildman–Crippen MR) is 98.6 cm³/mol. The van der Waals surface area contributed by atoms with Gasteiger partial charge in [-0.3, -0.25) is 15.7 Å². The molecule has 1 heterocycles. The van der Waals surface area contributed by atoms with Crippen LogP contribution in [-0.2, 0) is 0 Å². The van der Waals surface area contributed by atoms with E-state index in [9.17, 15) is 5.21 Å². The second-order valence-corrected chi connectivity index (χ2v) is 6.69. The van der Waals surface area contributed by atoms with E-state index in [1.165, 1.54) is 19.3 Å². The maximum absolute atomic E-state index is 9.44. The van der Waals surface area contributed by atoms with E-state index in [0.717, 1.165) is 35.3 Å². The number of hydrogen-bond donors (Lipinski definition) is 2. The van der Waals surface area contributed by atoms with E-state index in [0.29, 0.717) is 11.7 Å². The van der Waals surface area contributed by atoms with Crippen molar-refractivity contribution in [3.05, 3.63) is 53.2 Å². The van der Waals surface area contributed by atoms with Gasteiger partial charge in [-0.1, -0.05) is 25.3 Å². The van der Waals surface area contributed by atoms with Crippen LogP contribution in [0, 0.1) is 13.8 Å². The summed E-state index contributed by atoms with van der Waals surface area (Å²) in [5.74, 6) is 1.76. The first-order valence-corrected chi connectivity index (χ1v) is 8.84. The molecule has 1 aromatic heterocycles. The number of aliphatic imine (C=N–C) groups is 1. The fourth-order valence-corrected chi connectivity index (χ4v) is 3.25. The van der Waals surface area contributed by atoms with Crippen LogP contribution in [0.5, 0.6) is 11.6 Å². The van der Waals surface area contributed by atoms with Crippen molar-refractivity contribution in [3.63, 3.8) is 0 Å². The average Bonchev–Trinajstić information content (AvgIpc) is 2.60. The monoisotopic (exact) mass is 339 g/mol. The van der Waals surface area contributed by atoms with Crippen molar-refractivity contribution in [3.8, 4) is 11.6 Å². The summed E-state index contributed by atoms with van der Waals surface area (Å²) in [6.07, 6.45) is 7.50. The second-order valence-electron chi connectivity index (χ2n) is 6.69. The van der Waals surface area contributed by atoms with E-state index < -0.39 is 0 Å². The highest BCUT2D eigenvalue weighted by Crippen LogP contribution is 2.23. The highest BCUT2D eigenvalue weighted by atomic mass is 16.5. The largest absolute Gasteiger partial charge is 0.439 e. The maximum atomic E-state index is 9.44. The van der Waals surface area contributed by atoms with E-state index in [1.54, 1.807) is 12.3 Å². The fourth-order valence-electron chi connectivity index (χ4n) is 3.25. The molecule has 1 fully saturated rings. The molecule has 3 rings (SSSR count). The van der Waals surface area contributed by atoms with Crippen LogP contribution in [0.15, 0.2) is 41.5 Å². The zero-order chi connectivity index (χ0) is 17.6. The Balaban J connectivity index is 1.73. The van der Waals surface area contributed by atoms with E-state index in [-0.39, 0.29) is 6.04 Å². The van der Waals surface area contributed by atoms with Crippen molar-refractivity contribution in [2.24, 2.45) is 4.99 Å². The van der Waals surface area contributed by atoms with E-state index in [4.69, 9.17) is 4.74 Å². The summed E-state index contributed by atoms with van der Waals surface area (Å²) in [5, 5.41) is 9.44. The number of aryl methyl sites for hydroxylation is 2. The number of nitrogens with one attached hydrogen (secondary N) is 1. The minimum Gasteiger partial charge on any atom is -0.439 e. The molecule has 0 bridgehead atoms. The number of rotatable bonds is 4. The molecule has 0 radical (unpaired) electrons. The zero-order valence-electron chi connectivity index (χ0n) is 14.8. The van der Waals surface area contributed by atoms with Gasteiger partial charge in [-0.05, 0) is 56.0 Å². The molecule has 132 valence electrons. The number of amidine groups is 1. The molecule has 0 unspecified atom stereocenters. The van der Waals surface area contributed by atoms with Gasteiger partial charge in [0.25, 0.3) is 0 Å². The topological polar surface area (TPSA) is 66.7 Å². The lowest BCUT2D eigenvalue weighted by Gasteiger charge is -2.19. The molecular weight excluding hydrogens is 314 g/mol. The number of benzene rings is 1. The Morgan fingerprint density at radius 3 is 2.44 bits per heavy atom. The number of hydroxylamine groups is 1. The quantitative estimate of drug-likeness (QED) is 0.487. The summed E-state index contributed by atoms with van der Waals surface area (Å²) >= 11 is 0.